The molecule has 3 atom stereocenters. The average molecular weight is 249 g/mol. The summed E-state index contributed by atoms with van der Waals surface area (Å²) < 4.78 is 11.5. The van der Waals surface area contributed by atoms with E-state index in [0.717, 1.165) is 13.0 Å². The number of ether oxygens (including phenoxy) is 2. The molecule has 0 spiro atoms. The Labute approximate surface area is 109 Å². The lowest BCUT2D eigenvalue weighted by atomic mass is 10.1. The normalized spacial score (nSPS) is 23.9. The molecule has 1 aliphatic rings. The highest BCUT2D eigenvalue weighted by Gasteiger charge is 2.32. The minimum atomic E-state index is 0.139. The van der Waals surface area contributed by atoms with Gasteiger partial charge < -0.3 is 14.8 Å². The van der Waals surface area contributed by atoms with Crippen molar-refractivity contribution in [2.24, 2.45) is 0 Å². The molecule has 100 valence electrons. The van der Waals surface area contributed by atoms with Crippen LogP contribution < -0.4 is 5.32 Å². The third-order valence-electron chi connectivity index (χ3n) is 3.46. The lowest BCUT2D eigenvalue weighted by Crippen LogP contribution is -2.32. The molecule has 0 bridgehead atoms. The molecule has 0 aromatic heterocycles. The molecule has 3 heteroatoms. The molecule has 0 amide bonds. The number of benzene rings is 1. The Balaban J connectivity index is 1.99. The molecule has 2 rings (SSSR count). The van der Waals surface area contributed by atoms with Gasteiger partial charge in [0.05, 0.1) is 24.9 Å². The molecule has 0 fully saturated rings. The second-order valence-corrected chi connectivity index (χ2v) is 4.81. The maximum Gasteiger partial charge on any atom is 0.0814 e. The first kappa shape index (κ1) is 13.5. The van der Waals surface area contributed by atoms with Crippen LogP contribution in [0.4, 0.5) is 0 Å². The molecule has 18 heavy (non-hydrogen) atoms. The van der Waals surface area contributed by atoms with Crippen molar-refractivity contribution in [1.29, 1.82) is 0 Å². The molecule has 1 aromatic carbocycles. The van der Waals surface area contributed by atoms with Gasteiger partial charge in [-0.15, -0.1) is 0 Å². The highest BCUT2D eigenvalue weighted by Crippen LogP contribution is 2.33. The summed E-state index contributed by atoms with van der Waals surface area (Å²) in [5.74, 6) is 0. The summed E-state index contributed by atoms with van der Waals surface area (Å²) in [5.41, 5.74) is 2.76. The maximum atomic E-state index is 6.11. The van der Waals surface area contributed by atoms with E-state index in [4.69, 9.17) is 9.47 Å². The van der Waals surface area contributed by atoms with Crippen molar-refractivity contribution in [3.63, 3.8) is 0 Å². The van der Waals surface area contributed by atoms with Crippen LogP contribution in [0.2, 0.25) is 0 Å². The van der Waals surface area contributed by atoms with Gasteiger partial charge in [0.15, 0.2) is 0 Å². The smallest absolute Gasteiger partial charge is 0.0814 e. The van der Waals surface area contributed by atoms with E-state index >= 15 is 0 Å². The summed E-state index contributed by atoms with van der Waals surface area (Å²) in [4.78, 5) is 0. The van der Waals surface area contributed by atoms with Crippen molar-refractivity contribution in [2.45, 2.75) is 38.5 Å². The predicted molar refractivity (Wildman–Crippen MR) is 72.8 cm³/mol. The minimum absolute atomic E-state index is 0.139. The summed E-state index contributed by atoms with van der Waals surface area (Å²) >= 11 is 0. The molecule has 0 aliphatic heterocycles. The van der Waals surface area contributed by atoms with Crippen LogP contribution in [0.3, 0.4) is 0 Å². The van der Waals surface area contributed by atoms with E-state index in [2.05, 4.69) is 36.5 Å². The van der Waals surface area contributed by atoms with Gasteiger partial charge in [0.1, 0.15) is 0 Å². The maximum absolute atomic E-state index is 6.11. The van der Waals surface area contributed by atoms with Crippen molar-refractivity contribution in [3.8, 4) is 0 Å². The quantitative estimate of drug-likeness (QED) is 0.839. The van der Waals surface area contributed by atoms with E-state index in [9.17, 15) is 0 Å². The fourth-order valence-corrected chi connectivity index (χ4v) is 2.65. The molecule has 0 saturated carbocycles. The van der Waals surface area contributed by atoms with Gasteiger partial charge in [-0.2, -0.15) is 0 Å². The summed E-state index contributed by atoms with van der Waals surface area (Å²) in [7, 11) is 2.00. The number of hydrogen-bond acceptors (Lipinski definition) is 3. The largest absolute Gasteiger partial charge is 0.379 e. The SMILES string of the molecule is CCOCC(C)OC1Cc2ccccc2C1NC. The van der Waals surface area contributed by atoms with E-state index in [0.29, 0.717) is 12.6 Å². The molecule has 0 radical (unpaired) electrons. The Morgan fingerprint density at radius 1 is 1.39 bits per heavy atom. The molecule has 0 heterocycles. The third kappa shape index (κ3) is 2.91. The van der Waals surface area contributed by atoms with Gasteiger partial charge in [-0.05, 0) is 32.0 Å². The summed E-state index contributed by atoms with van der Waals surface area (Å²) in [6, 6.07) is 8.86. The van der Waals surface area contributed by atoms with E-state index in [1.54, 1.807) is 0 Å². The Kier molecular flexibility index (Phi) is 4.75. The van der Waals surface area contributed by atoms with Crippen LogP contribution in [-0.2, 0) is 15.9 Å². The van der Waals surface area contributed by atoms with Crippen molar-refractivity contribution in [2.75, 3.05) is 20.3 Å². The number of fused-ring (bicyclic) bond motifs is 1. The summed E-state index contributed by atoms with van der Waals surface area (Å²) in [6.07, 6.45) is 1.33. The molecule has 0 saturated heterocycles. The molecule has 1 aliphatic carbocycles. The lowest BCUT2D eigenvalue weighted by Gasteiger charge is -2.24. The lowest BCUT2D eigenvalue weighted by molar-refractivity contribution is -0.0543. The molecule has 1 aromatic rings. The topological polar surface area (TPSA) is 30.5 Å². The number of nitrogens with one attached hydrogen (secondary N) is 1. The summed E-state index contributed by atoms with van der Waals surface area (Å²) in [6.45, 7) is 5.49. The van der Waals surface area contributed by atoms with Gasteiger partial charge in [-0.25, -0.2) is 0 Å². The van der Waals surface area contributed by atoms with Crippen LogP contribution in [0.1, 0.15) is 31.0 Å². The third-order valence-corrected chi connectivity index (χ3v) is 3.46. The average Bonchev–Trinajstić information content (AvgIpc) is 2.73. The van der Waals surface area contributed by atoms with Crippen LogP contribution in [-0.4, -0.2) is 32.5 Å². The van der Waals surface area contributed by atoms with Crippen molar-refractivity contribution < 1.29 is 9.47 Å². The van der Waals surface area contributed by atoms with E-state index in [1.165, 1.54) is 11.1 Å². The highest BCUT2D eigenvalue weighted by atomic mass is 16.5. The van der Waals surface area contributed by atoms with Crippen LogP contribution >= 0.6 is 0 Å². The Hall–Kier alpha value is -0.900. The van der Waals surface area contributed by atoms with Crippen LogP contribution in [0.25, 0.3) is 0 Å². The van der Waals surface area contributed by atoms with Crippen molar-refractivity contribution in [1.82, 2.24) is 5.32 Å². The number of rotatable bonds is 6. The summed E-state index contributed by atoms with van der Waals surface area (Å²) in [5, 5.41) is 3.37. The van der Waals surface area contributed by atoms with Gasteiger partial charge in [0.2, 0.25) is 0 Å². The fraction of sp³-hybridized carbons (Fsp3) is 0.600. The first-order valence-corrected chi connectivity index (χ1v) is 6.74. The Bertz CT molecular complexity index is 381. The van der Waals surface area contributed by atoms with Gasteiger partial charge >= 0.3 is 0 Å². The van der Waals surface area contributed by atoms with Crippen LogP contribution in [0.15, 0.2) is 24.3 Å². The standard InChI is InChI=1S/C15H23NO2/c1-4-17-10-11(2)18-14-9-12-7-5-6-8-13(12)15(14)16-3/h5-8,11,14-16H,4,9-10H2,1-3H3. The number of hydrogen-bond donors (Lipinski definition) is 1. The predicted octanol–water partition coefficient (Wildman–Crippen LogP) is 2.31. The molecule has 1 N–H and O–H groups in total. The molecule has 3 unspecified atom stereocenters. The van der Waals surface area contributed by atoms with Crippen molar-refractivity contribution >= 4 is 0 Å². The van der Waals surface area contributed by atoms with Gasteiger partial charge in [0.25, 0.3) is 0 Å². The first-order chi connectivity index (χ1) is 8.76. The van der Waals surface area contributed by atoms with E-state index in [-0.39, 0.29) is 12.2 Å². The van der Waals surface area contributed by atoms with Gasteiger partial charge in [-0.3, -0.25) is 0 Å². The Morgan fingerprint density at radius 2 is 2.17 bits per heavy atom. The molecule has 3 nitrogen and oxygen atoms in total. The zero-order valence-corrected chi connectivity index (χ0v) is 11.5. The monoisotopic (exact) mass is 249 g/mol. The van der Waals surface area contributed by atoms with E-state index in [1.807, 2.05) is 14.0 Å². The minimum Gasteiger partial charge on any atom is -0.379 e. The van der Waals surface area contributed by atoms with Gasteiger partial charge in [0, 0.05) is 13.0 Å². The highest BCUT2D eigenvalue weighted by molar-refractivity contribution is 5.36. The second kappa shape index (κ2) is 6.32. The zero-order chi connectivity index (χ0) is 13.0. The Morgan fingerprint density at radius 3 is 2.89 bits per heavy atom. The van der Waals surface area contributed by atoms with Crippen LogP contribution in [0.5, 0.6) is 0 Å². The zero-order valence-electron chi connectivity index (χ0n) is 11.5. The van der Waals surface area contributed by atoms with Gasteiger partial charge in [-0.1, -0.05) is 24.3 Å². The first-order valence-electron chi connectivity index (χ1n) is 6.74. The van der Waals surface area contributed by atoms with E-state index < -0.39 is 0 Å². The second-order valence-electron chi connectivity index (χ2n) is 4.81. The fourth-order valence-electron chi connectivity index (χ4n) is 2.65. The van der Waals surface area contributed by atoms with Crippen molar-refractivity contribution in [3.05, 3.63) is 35.4 Å². The van der Waals surface area contributed by atoms with Crippen LogP contribution in [0, 0.1) is 0 Å². The molecular weight excluding hydrogens is 226 g/mol. The molecular formula is C15H23NO2. The number of likely N-dealkylation sites (N-methyl/N-ethyl adjacent to an activating group) is 1.